The Morgan fingerprint density at radius 3 is 2.28 bits per heavy atom. The van der Waals surface area contributed by atoms with Crippen LogP contribution in [0.4, 0.5) is 0 Å². The van der Waals surface area contributed by atoms with Crippen molar-refractivity contribution in [1.82, 2.24) is 9.21 Å². The molecule has 0 aromatic heterocycles. The number of ketones is 1. The molecule has 1 saturated heterocycles. The molecule has 2 heterocycles. The van der Waals surface area contributed by atoms with Gasteiger partial charge < -0.3 is 4.90 Å². The van der Waals surface area contributed by atoms with E-state index in [0.29, 0.717) is 17.7 Å². The Morgan fingerprint density at radius 2 is 1.66 bits per heavy atom. The molecule has 152 valence electrons. The molecule has 29 heavy (non-hydrogen) atoms. The summed E-state index contributed by atoms with van der Waals surface area (Å²) in [5.41, 5.74) is 0.728. The zero-order valence-corrected chi connectivity index (χ0v) is 17.6. The molecule has 2 aromatic rings. The van der Waals surface area contributed by atoms with Crippen molar-refractivity contribution in [3.05, 3.63) is 65.2 Å². The van der Waals surface area contributed by atoms with Gasteiger partial charge in [0.05, 0.1) is 21.9 Å². The summed E-state index contributed by atoms with van der Waals surface area (Å²) in [5.74, 6) is -0.399. The minimum atomic E-state index is -3.77. The van der Waals surface area contributed by atoms with Crippen molar-refractivity contribution in [3.63, 3.8) is 0 Å². The molecule has 2 atom stereocenters. The van der Waals surface area contributed by atoms with Crippen LogP contribution < -0.4 is 0 Å². The normalized spacial score (nSPS) is 24.9. The quantitative estimate of drug-likeness (QED) is 0.777. The Morgan fingerprint density at radius 1 is 1.03 bits per heavy atom. The number of aryl methyl sites for hydroxylation is 1. The van der Waals surface area contributed by atoms with Crippen molar-refractivity contribution in [2.24, 2.45) is 5.41 Å². The Hall–Kier alpha value is -2.51. The van der Waals surface area contributed by atoms with E-state index in [2.05, 4.69) is 0 Å². The molecule has 1 amide bonds. The first-order valence-corrected chi connectivity index (χ1v) is 11.2. The van der Waals surface area contributed by atoms with Crippen molar-refractivity contribution < 1.29 is 18.0 Å². The number of rotatable bonds is 3. The van der Waals surface area contributed by atoms with Crippen LogP contribution in [0.25, 0.3) is 0 Å². The SMILES string of the molecule is CCN1C(=O)c2ccccc2C(=O)[C@@]2(C)CN(S(=O)(=O)c3ccc(C)cc3)C[C@@H]12. The van der Waals surface area contributed by atoms with Gasteiger partial charge in [-0.2, -0.15) is 4.31 Å². The Balaban J connectivity index is 1.80. The number of amides is 1. The van der Waals surface area contributed by atoms with E-state index in [-0.39, 0.29) is 29.7 Å². The molecule has 0 bridgehead atoms. The second-order valence-electron chi connectivity index (χ2n) is 8.01. The molecule has 0 aliphatic carbocycles. The smallest absolute Gasteiger partial charge is 0.254 e. The molecule has 0 spiro atoms. The monoisotopic (exact) mass is 412 g/mol. The molecular formula is C22H24N2O4S. The summed E-state index contributed by atoms with van der Waals surface area (Å²) in [5, 5.41) is 0. The first-order chi connectivity index (χ1) is 13.7. The van der Waals surface area contributed by atoms with Gasteiger partial charge in [-0.25, -0.2) is 8.42 Å². The summed E-state index contributed by atoms with van der Waals surface area (Å²) < 4.78 is 27.9. The molecule has 0 unspecified atom stereocenters. The van der Waals surface area contributed by atoms with Gasteiger partial charge in [0.25, 0.3) is 5.91 Å². The van der Waals surface area contributed by atoms with Crippen molar-refractivity contribution >= 4 is 21.7 Å². The van der Waals surface area contributed by atoms with Crippen LogP contribution in [-0.2, 0) is 10.0 Å². The van der Waals surface area contributed by atoms with Gasteiger partial charge in [0, 0.05) is 25.2 Å². The highest BCUT2D eigenvalue weighted by atomic mass is 32.2. The fourth-order valence-corrected chi connectivity index (χ4v) is 6.03. The van der Waals surface area contributed by atoms with E-state index in [0.717, 1.165) is 5.56 Å². The number of likely N-dealkylation sites (N-methyl/N-ethyl adjacent to an activating group) is 1. The highest BCUT2D eigenvalue weighted by molar-refractivity contribution is 7.89. The molecule has 0 saturated carbocycles. The van der Waals surface area contributed by atoms with Crippen LogP contribution in [0.5, 0.6) is 0 Å². The van der Waals surface area contributed by atoms with E-state index in [1.807, 2.05) is 13.8 Å². The number of nitrogens with zero attached hydrogens (tertiary/aromatic N) is 2. The summed E-state index contributed by atoms with van der Waals surface area (Å²) >= 11 is 0. The van der Waals surface area contributed by atoms with Crippen LogP contribution in [0.15, 0.2) is 53.4 Å². The van der Waals surface area contributed by atoms with Gasteiger partial charge in [-0.15, -0.1) is 0 Å². The molecule has 2 aromatic carbocycles. The fourth-order valence-electron chi connectivity index (χ4n) is 4.47. The number of hydrogen-bond acceptors (Lipinski definition) is 4. The number of hydrogen-bond donors (Lipinski definition) is 0. The van der Waals surface area contributed by atoms with E-state index < -0.39 is 21.5 Å². The largest absolute Gasteiger partial charge is 0.334 e. The molecule has 4 rings (SSSR count). The molecule has 0 radical (unpaired) electrons. The maximum Gasteiger partial charge on any atom is 0.254 e. The van der Waals surface area contributed by atoms with Gasteiger partial charge in [0.2, 0.25) is 10.0 Å². The van der Waals surface area contributed by atoms with Gasteiger partial charge in [0.15, 0.2) is 5.78 Å². The third-order valence-electron chi connectivity index (χ3n) is 6.17. The Kier molecular flexibility index (Phi) is 4.63. The maximum absolute atomic E-state index is 13.5. The number of fused-ring (bicyclic) bond motifs is 2. The lowest BCUT2D eigenvalue weighted by Crippen LogP contribution is -2.49. The predicted molar refractivity (Wildman–Crippen MR) is 109 cm³/mol. The van der Waals surface area contributed by atoms with Crippen molar-refractivity contribution in [3.8, 4) is 0 Å². The van der Waals surface area contributed by atoms with Gasteiger partial charge in [-0.05, 0) is 39.0 Å². The molecular weight excluding hydrogens is 388 g/mol. The molecule has 2 aliphatic heterocycles. The van der Waals surface area contributed by atoms with E-state index in [4.69, 9.17) is 0 Å². The Bertz CT molecular complexity index is 1090. The van der Waals surface area contributed by atoms with Gasteiger partial charge in [-0.1, -0.05) is 35.9 Å². The third-order valence-corrected chi connectivity index (χ3v) is 8.00. The minimum Gasteiger partial charge on any atom is -0.334 e. The number of benzene rings is 2. The highest BCUT2D eigenvalue weighted by Gasteiger charge is 2.56. The Labute approximate surface area is 171 Å². The fraction of sp³-hybridized carbons (Fsp3) is 0.364. The predicted octanol–water partition coefficient (Wildman–Crippen LogP) is 2.73. The first kappa shape index (κ1) is 19.8. The zero-order valence-electron chi connectivity index (χ0n) is 16.8. The van der Waals surface area contributed by atoms with Crippen LogP contribution in [0, 0.1) is 12.3 Å². The summed E-state index contributed by atoms with van der Waals surface area (Å²) in [6, 6.07) is 13.0. The summed E-state index contributed by atoms with van der Waals surface area (Å²) in [7, 11) is -3.77. The summed E-state index contributed by atoms with van der Waals surface area (Å²) in [4.78, 5) is 28.5. The zero-order chi connectivity index (χ0) is 21.0. The number of carbonyl (C=O) groups is 2. The molecule has 2 aliphatic rings. The van der Waals surface area contributed by atoms with E-state index in [9.17, 15) is 18.0 Å². The van der Waals surface area contributed by atoms with Crippen molar-refractivity contribution in [2.45, 2.75) is 31.7 Å². The lowest BCUT2D eigenvalue weighted by atomic mass is 9.78. The third kappa shape index (κ3) is 2.91. The van der Waals surface area contributed by atoms with Crippen LogP contribution >= 0.6 is 0 Å². The molecule has 0 N–H and O–H groups in total. The number of carbonyl (C=O) groups excluding carboxylic acids is 2. The van der Waals surface area contributed by atoms with Crippen molar-refractivity contribution in [2.75, 3.05) is 19.6 Å². The van der Waals surface area contributed by atoms with Crippen LogP contribution in [0.3, 0.4) is 0 Å². The lowest BCUT2D eigenvalue weighted by molar-refractivity contribution is 0.0560. The van der Waals surface area contributed by atoms with Crippen molar-refractivity contribution in [1.29, 1.82) is 0 Å². The van der Waals surface area contributed by atoms with Crippen LogP contribution in [0.2, 0.25) is 0 Å². The van der Waals surface area contributed by atoms with E-state index in [1.54, 1.807) is 60.4 Å². The van der Waals surface area contributed by atoms with Gasteiger partial charge in [0.1, 0.15) is 0 Å². The lowest BCUT2D eigenvalue weighted by Gasteiger charge is -2.34. The number of sulfonamides is 1. The van der Waals surface area contributed by atoms with Crippen LogP contribution in [-0.4, -0.2) is 55.0 Å². The summed E-state index contributed by atoms with van der Waals surface area (Å²) in [6.07, 6.45) is 0. The second-order valence-corrected chi connectivity index (χ2v) is 9.95. The molecule has 7 heteroatoms. The van der Waals surface area contributed by atoms with E-state index >= 15 is 0 Å². The van der Waals surface area contributed by atoms with Gasteiger partial charge in [-0.3, -0.25) is 9.59 Å². The number of Topliss-reactive ketones (excluding diaryl/α,β-unsaturated/α-hetero) is 1. The summed E-state index contributed by atoms with van der Waals surface area (Å²) in [6.45, 7) is 6.08. The first-order valence-electron chi connectivity index (χ1n) is 9.72. The maximum atomic E-state index is 13.5. The van der Waals surface area contributed by atoms with E-state index in [1.165, 1.54) is 4.31 Å². The minimum absolute atomic E-state index is 0.0465. The topological polar surface area (TPSA) is 74.8 Å². The van der Waals surface area contributed by atoms with Crippen LogP contribution in [0.1, 0.15) is 40.1 Å². The molecule has 1 fully saturated rings. The highest BCUT2D eigenvalue weighted by Crippen LogP contribution is 2.42. The standard InChI is InChI=1S/C22H24N2O4S/c1-4-24-19-13-23(29(27,28)16-11-9-15(2)10-12-16)14-22(19,3)20(25)17-7-5-6-8-18(17)21(24)26/h5-12,19H,4,13-14H2,1-3H3/t19-,22+/m1/s1. The average molecular weight is 413 g/mol. The average Bonchev–Trinajstić information content (AvgIpc) is 3.05. The molecule has 6 nitrogen and oxygen atoms in total. The van der Waals surface area contributed by atoms with Gasteiger partial charge >= 0.3 is 0 Å². The second kappa shape index (κ2) is 6.78.